The van der Waals surface area contributed by atoms with E-state index in [2.05, 4.69) is 10.2 Å². The summed E-state index contributed by atoms with van der Waals surface area (Å²) in [5.74, 6) is 0.137. The summed E-state index contributed by atoms with van der Waals surface area (Å²) in [6.07, 6.45) is 5.33. The summed E-state index contributed by atoms with van der Waals surface area (Å²) in [6, 6.07) is 0. The molecule has 1 fully saturated rings. The van der Waals surface area contributed by atoms with Gasteiger partial charge in [-0.2, -0.15) is 0 Å². The van der Waals surface area contributed by atoms with Gasteiger partial charge in [-0.15, -0.1) is 0 Å². The summed E-state index contributed by atoms with van der Waals surface area (Å²) < 4.78 is 0. The predicted molar refractivity (Wildman–Crippen MR) is 61.6 cm³/mol. The lowest BCUT2D eigenvalue weighted by atomic mass is 10.1. The van der Waals surface area contributed by atoms with Gasteiger partial charge in [-0.1, -0.05) is 6.42 Å². The molecule has 15 heavy (non-hydrogen) atoms. The first-order valence-corrected chi connectivity index (χ1v) is 6.02. The molecule has 0 spiro atoms. The van der Waals surface area contributed by atoms with Crippen LogP contribution in [0.5, 0.6) is 0 Å². The number of nitrogens with one attached hydrogen (secondary N) is 1. The highest BCUT2D eigenvalue weighted by Gasteiger charge is 2.09. The molecule has 1 heterocycles. The van der Waals surface area contributed by atoms with E-state index in [4.69, 9.17) is 5.73 Å². The van der Waals surface area contributed by atoms with E-state index in [0.717, 1.165) is 19.5 Å². The van der Waals surface area contributed by atoms with Crippen molar-refractivity contribution in [3.05, 3.63) is 0 Å². The highest BCUT2D eigenvalue weighted by Crippen LogP contribution is 2.07. The van der Waals surface area contributed by atoms with Crippen molar-refractivity contribution in [2.45, 2.75) is 32.1 Å². The fraction of sp³-hybridized carbons (Fsp3) is 0.909. The molecule has 1 amide bonds. The van der Waals surface area contributed by atoms with Gasteiger partial charge in [-0.05, 0) is 38.9 Å². The molecule has 1 aliphatic heterocycles. The fourth-order valence-electron chi connectivity index (χ4n) is 1.89. The molecule has 0 aromatic carbocycles. The zero-order chi connectivity index (χ0) is 10.9. The fourth-order valence-corrected chi connectivity index (χ4v) is 1.89. The molecule has 88 valence electrons. The minimum absolute atomic E-state index is 0.137. The number of carbonyl (C=O) groups is 1. The van der Waals surface area contributed by atoms with Gasteiger partial charge in [0.15, 0.2) is 0 Å². The normalized spacial score (nSPS) is 17.7. The third-order valence-corrected chi connectivity index (χ3v) is 2.81. The molecule has 0 bridgehead atoms. The number of hydrogen-bond donors (Lipinski definition) is 2. The summed E-state index contributed by atoms with van der Waals surface area (Å²) in [6.45, 7) is 4.76. The van der Waals surface area contributed by atoms with Crippen molar-refractivity contribution in [3.63, 3.8) is 0 Å². The van der Waals surface area contributed by atoms with Crippen LogP contribution in [-0.2, 0) is 4.79 Å². The van der Waals surface area contributed by atoms with Crippen molar-refractivity contribution < 1.29 is 4.79 Å². The van der Waals surface area contributed by atoms with Crippen molar-refractivity contribution in [2.24, 2.45) is 5.73 Å². The Morgan fingerprint density at radius 1 is 1.27 bits per heavy atom. The van der Waals surface area contributed by atoms with Gasteiger partial charge in [-0.3, -0.25) is 4.79 Å². The molecule has 1 aliphatic rings. The minimum atomic E-state index is 0.137. The number of carbonyl (C=O) groups excluding carboxylic acids is 1. The largest absolute Gasteiger partial charge is 0.355 e. The number of amides is 1. The number of likely N-dealkylation sites (tertiary alicyclic amines) is 1. The van der Waals surface area contributed by atoms with Gasteiger partial charge in [0.1, 0.15) is 0 Å². The van der Waals surface area contributed by atoms with Gasteiger partial charge in [0.05, 0.1) is 0 Å². The molecule has 0 atom stereocenters. The van der Waals surface area contributed by atoms with Gasteiger partial charge in [0, 0.05) is 19.5 Å². The Balaban J connectivity index is 1.97. The molecule has 0 radical (unpaired) electrons. The molecule has 0 aromatic heterocycles. The predicted octanol–water partition coefficient (Wildman–Crippen LogP) is 0.327. The van der Waals surface area contributed by atoms with Crippen LogP contribution in [0.25, 0.3) is 0 Å². The summed E-state index contributed by atoms with van der Waals surface area (Å²) in [7, 11) is 0. The smallest absolute Gasteiger partial charge is 0.220 e. The first-order chi connectivity index (χ1) is 7.33. The zero-order valence-electron chi connectivity index (χ0n) is 9.50. The summed E-state index contributed by atoms with van der Waals surface area (Å²) in [4.78, 5) is 13.7. The number of nitrogens with zero attached hydrogens (tertiary/aromatic N) is 1. The van der Waals surface area contributed by atoms with Gasteiger partial charge < -0.3 is 16.0 Å². The first kappa shape index (κ1) is 12.5. The molecule has 3 N–H and O–H groups in total. The third kappa shape index (κ3) is 5.74. The Bertz CT molecular complexity index is 179. The maximum Gasteiger partial charge on any atom is 0.220 e. The molecule has 4 heteroatoms. The summed E-state index contributed by atoms with van der Waals surface area (Å²) >= 11 is 0. The quantitative estimate of drug-likeness (QED) is 0.668. The number of hydrogen-bond acceptors (Lipinski definition) is 3. The van der Waals surface area contributed by atoms with E-state index in [1.807, 2.05) is 0 Å². The lowest BCUT2D eigenvalue weighted by Gasteiger charge is -2.26. The zero-order valence-corrected chi connectivity index (χ0v) is 9.50. The highest BCUT2D eigenvalue weighted by molar-refractivity contribution is 5.75. The Labute approximate surface area is 92.2 Å². The maximum absolute atomic E-state index is 11.3. The number of rotatable bonds is 6. The SMILES string of the molecule is NCCCC(=O)NCCN1CCCCC1. The van der Waals surface area contributed by atoms with Crippen molar-refractivity contribution >= 4 is 5.91 Å². The van der Waals surface area contributed by atoms with Crippen LogP contribution in [0, 0.1) is 0 Å². The summed E-state index contributed by atoms with van der Waals surface area (Å²) in [5, 5.41) is 2.93. The Hall–Kier alpha value is -0.610. The second-order valence-corrected chi connectivity index (χ2v) is 4.14. The van der Waals surface area contributed by atoms with E-state index in [0.29, 0.717) is 13.0 Å². The van der Waals surface area contributed by atoms with Crippen LogP contribution >= 0.6 is 0 Å². The monoisotopic (exact) mass is 213 g/mol. The molecule has 0 aliphatic carbocycles. The standard InChI is InChI=1S/C11H23N3O/c12-6-4-5-11(15)13-7-10-14-8-2-1-3-9-14/h1-10,12H2,(H,13,15). The number of piperidine rings is 1. The van der Waals surface area contributed by atoms with Gasteiger partial charge in [0.2, 0.25) is 5.91 Å². The van der Waals surface area contributed by atoms with Gasteiger partial charge in [-0.25, -0.2) is 0 Å². The van der Waals surface area contributed by atoms with Crippen molar-refractivity contribution in [1.82, 2.24) is 10.2 Å². The van der Waals surface area contributed by atoms with Crippen LogP contribution in [0.4, 0.5) is 0 Å². The van der Waals surface area contributed by atoms with Crippen LogP contribution in [-0.4, -0.2) is 43.5 Å². The van der Waals surface area contributed by atoms with E-state index in [1.54, 1.807) is 0 Å². The van der Waals surface area contributed by atoms with Gasteiger partial charge >= 0.3 is 0 Å². The lowest BCUT2D eigenvalue weighted by molar-refractivity contribution is -0.121. The minimum Gasteiger partial charge on any atom is -0.355 e. The van der Waals surface area contributed by atoms with E-state index >= 15 is 0 Å². The first-order valence-electron chi connectivity index (χ1n) is 6.02. The van der Waals surface area contributed by atoms with E-state index < -0.39 is 0 Å². The Kier molecular flexibility index (Phi) is 6.36. The van der Waals surface area contributed by atoms with Crippen LogP contribution in [0.1, 0.15) is 32.1 Å². The van der Waals surface area contributed by atoms with E-state index in [-0.39, 0.29) is 5.91 Å². The second kappa shape index (κ2) is 7.65. The average molecular weight is 213 g/mol. The van der Waals surface area contributed by atoms with Crippen molar-refractivity contribution in [2.75, 3.05) is 32.7 Å². The highest BCUT2D eigenvalue weighted by atomic mass is 16.1. The average Bonchev–Trinajstić information content (AvgIpc) is 2.28. The van der Waals surface area contributed by atoms with Crippen molar-refractivity contribution in [1.29, 1.82) is 0 Å². The van der Waals surface area contributed by atoms with Crippen molar-refractivity contribution in [3.8, 4) is 0 Å². The Morgan fingerprint density at radius 2 is 2.00 bits per heavy atom. The van der Waals surface area contributed by atoms with Crippen LogP contribution < -0.4 is 11.1 Å². The topological polar surface area (TPSA) is 58.4 Å². The molecular weight excluding hydrogens is 190 g/mol. The maximum atomic E-state index is 11.3. The Morgan fingerprint density at radius 3 is 2.67 bits per heavy atom. The second-order valence-electron chi connectivity index (χ2n) is 4.14. The summed E-state index contributed by atoms with van der Waals surface area (Å²) in [5.41, 5.74) is 5.33. The van der Waals surface area contributed by atoms with Crippen LogP contribution in [0.3, 0.4) is 0 Å². The molecule has 1 saturated heterocycles. The molecule has 0 aromatic rings. The molecular formula is C11H23N3O. The van der Waals surface area contributed by atoms with E-state index in [1.165, 1.54) is 32.4 Å². The molecule has 4 nitrogen and oxygen atoms in total. The van der Waals surface area contributed by atoms with Crippen LogP contribution in [0.2, 0.25) is 0 Å². The lowest BCUT2D eigenvalue weighted by Crippen LogP contribution is -2.37. The van der Waals surface area contributed by atoms with Crippen LogP contribution in [0.15, 0.2) is 0 Å². The third-order valence-electron chi connectivity index (χ3n) is 2.81. The molecule has 1 rings (SSSR count). The van der Waals surface area contributed by atoms with E-state index in [9.17, 15) is 4.79 Å². The molecule has 0 saturated carbocycles. The number of nitrogens with two attached hydrogens (primary N) is 1. The van der Waals surface area contributed by atoms with Gasteiger partial charge in [0.25, 0.3) is 0 Å². The molecule has 0 unspecified atom stereocenters.